The molecule has 96 valence electrons. The molecule has 2 nitrogen and oxygen atoms in total. The Hall–Kier alpha value is -0.0800. The van der Waals surface area contributed by atoms with Crippen molar-refractivity contribution in [2.45, 2.75) is 53.5 Å². The summed E-state index contributed by atoms with van der Waals surface area (Å²) in [5.41, 5.74) is 0.399. The molecule has 0 saturated carbocycles. The summed E-state index contributed by atoms with van der Waals surface area (Å²) < 4.78 is 0. The number of nitrogens with one attached hydrogen (secondary N) is 1. The summed E-state index contributed by atoms with van der Waals surface area (Å²) in [5.74, 6) is 0.936. The van der Waals surface area contributed by atoms with Crippen LogP contribution in [0.25, 0.3) is 0 Å². The minimum absolute atomic E-state index is 0.399. The predicted octanol–water partition coefficient (Wildman–Crippen LogP) is 2.74. The second-order valence-electron chi connectivity index (χ2n) is 6.76. The van der Waals surface area contributed by atoms with Crippen molar-refractivity contribution < 1.29 is 0 Å². The van der Waals surface area contributed by atoms with Gasteiger partial charge in [-0.2, -0.15) is 0 Å². The molecule has 0 radical (unpaired) electrons. The average Bonchev–Trinajstić information content (AvgIpc) is 2.16. The van der Waals surface area contributed by atoms with E-state index in [0.717, 1.165) is 19.0 Å². The average molecular weight is 226 g/mol. The zero-order valence-electron chi connectivity index (χ0n) is 11.8. The lowest BCUT2D eigenvalue weighted by molar-refractivity contribution is 0.143. The maximum Gasteiger partial charge on any atom is 0.0192 e. The first-order valence-corrected chi connectivity index (χ1v) is 6.83. The Bertz CT molecular complexity index is 187. The van der Waals surface area contributed by atoms with E-state index >= 15 is 0 Å². The van der Waals surface area contributed by atoms with Gasteiger partial charge in [-0.1, -0.05) is 27.7 Å². The van der Waals surface area contributed by atoms with E-state index < -0.39 is 0 Å². The quantitative estimate of drug-likeness (QED) is 0.793. The lowest BCUT2D eigenvalue weighted by atomic mass is 9.96. The number of likely N-dealkylation sites (tertiary alicyclic amines) is 1. The first-order valence-electron chi connectivity index (χ1n) is 6.83. The van der Waals surface area contributed by atoms with Crippen molar-refractivity contribution in [2.75, 3.05) is 26.2 Å². The molecule has 0 spiro atoms. The predicted molar refractivity (Wildman–Crippen MR) is 71.8 cm³/mol. The van der Waals surface area contributed by atoms with Crippen LogP contribution in [0.4, 0.5) is 0 Å². The van der Waals surface area contributed by atoms with E-state index in [-0.39, 0.29) is 0 Å². The van der Waals surface area contributed by atoms with Gasteiger partial charge in [0.25, 0.3) is 0 Å². The standard InChI is InChI=1S/C14H30N2/c1-12-6-8-16(9-7-12)13(2)10-15-11-14(3,4)5/h12-13,15H,6-11H2,1-5H3. The van der Waals surface area contributed by atoms with Gasteiger partial charge in [-0.25, -0.2) is 0 Å². The van der Waals surface area contributed by atoms with Gasteiger partial charge in [-0.05, 0) is 44.2 Å². The maximum absolute atomic E-state index is 3.59. The van der Waals surface area contributed by atoms with Crippen molar-refractivity contribution in [1.82, 2.24) is 10.2 Å². The van der Waals surface area contributed by atoms with Gasteiger partial charge in [0.15, 0.2) is 0 Å². The highest BCUT2D eigenvalue weighted by Crippen LogP contribution is 2.17. The molecule has 0 aromatic rings. The van der Waals surface area contributed by atoms with E-state index in [1.54, 1.807) is 0 Å². The van der Waals surface area contributed by atoms with Crippen LogP contribution in [0.15, 0.2) is 0 Å². The fourth-order valence-corrected chi connectivity index (χ4v) is 2.25. The fourth-order valence-electron chi connectivity index (χ4n) is 2.25. The summed E-state index contributed by atoms with van der Waals surface area (Å²) in [6.45, 7) is 16.4. The smallest absolute Gasteiger partial charge is 0.0192 e. The van der Waals surface area contributed by atoms with Crippen molar-refractivity contribution in [1.29, 1.82) is 0 Å². The van der Waals surface area contributed by atoms with Crippen LogP contribution in [0.1, 0.15) is 47.5 Å². The second-order valence-corrected chi connectivity index (χ2v) is 6.76. The van der Waals surface area contributed by atoms with Crippen molar-refractivity contribution in [3.63, 3.8) is 0 Å². The third-order valence-electron chi connectivity index (χ3n) is 3.54. The molecular formula is C14H30N2. The van der Waals surface area contributed by atoms with Gasteiger partial charge in [0.2, 0.25) is 0 Å². The summed E-state index contributed by atoms with van der Waals surface area (Å²) in [6, 6.07) is 0.690. The monoisotopic (exact) mass is 226 g/mol. The van der Waals surface area contributed by atoms with Crippen LogP contribution in [0, 0.1) is 11.3 Å². The van der Waals surface area contributed by atoms with Crippen molar-refractivity contribution >= 4 is 0 Å². The molecule has 1 fully saturated rings. The second kappa shape index (κ2) is 6.02. The first kappa shape index (κ1) is 14.0. The Morgan fingerprint density at radius 3 is 2.31 bits per heavy atom. The minimum atomic E-state index is 0.399. The van der Waals surface area contributed by atoms with Crippen molar-refractivity contribution in [2.24, 2.45) is 11.3 Å². The van der Waals surface area contributed by atoms with Crippen LogP contribution in [0.3, 0.4) is 0 Å². The lowest BCUT2D eigenvalue weighted by Crippen LogP contribution is -2.45. The molecule has 0 aliphatic carbocycles. The third-order valence-corrected chi connectivity index (χ3v) is 3.54. The van der Waals surface area contributed by atoms with Crippen LogP contribution in [0.5, 0.6) is 0 Å². The molecule has 1 atom stereocenters. The van der Waals surface area contributed by atoms with Gasteiger partial charge in [0.1, 0.15) is 0 Å². The number of piperidine rings is 1. The third kappa shape index (κ3) is 5.31. The van der Waals surface area contributed by atoms with Gasteiger partial charge in [0, 0.05) is 19.1 Å². The van der Waals surface area contributed by atoms with Crippen LogP contribution in [0.2, 0.25) is 0 Å². The molecule has 1 rings (SSSR count). The molecule has 0 amide bonds. The zero-order chi connectivity index (χ0) is 12.2. The SMILES string of the molecule is CC1CCN(C(C)CNCC(C)(C)C)CC1. The first-order chi connectivity index (χ1) is 7.38. The fraction of sp³-hybridized carbons (Fsp3) is 1.00. The topological polar surface area (TPSA) is 15.3 Å². The highest BCUT2D eigenvalue weighted by atomic mass is 15.2. The Morgan fingerprint density at radius 2 is 1.81 bits per heavy atom. The van der Waals surface area contributed by atoms with Gasteiger partial charge < -0.3 is 5.32 Å². The van der Waals surface area contributed by atoms with E-state index in [2.05, 4.69) is 44.8 Å². The molecule has 1 heterocycles. The van der Waals surface area contributed by atoms with E-state index in [4.69, 9.17) is 0 Å². The molecule has 0 bridgehead atoms. The van der Waals surface area contributed by atoms with Crippen molar-refractivity contribution in [3.05, 3.63) is 0 Å². The molecule has 1 N–H and O–H groups in total. The normalized spacial score (nSPS) is 22.3. The molecule has 1 aliphatic heterocycles. The Kier molecular flexibility index (Phi) is 5.26. The maximum atomic E-state index is 3.59. The molecule has 0 aromatic carbocycles. The van der Waals surface area contributed by atoms with Gasteiger partial charge in [0.05, 0.1) is 0 Å². The van der Waals surface area contributed by atoms with E-state index in [0.29, 0.717) is 11.5 Å². The molecule has 16 heavy (non-hydrogen) atoms. The number of hydrogen-bond acceptors (Lipinski definition) is 2. The molecule has 1 saturated heterocycles. The molecular weight excluding hydrogens is 196 g/mol. The van der Waals surface area contributed by atoms with Gasteiger partial charge in [-0.15, -0.1) is 0 Å². The Balaban J connectivity index is 2.17. The number of nitrogens with zero attached hydrogens (tertiary/aromatic N) is 1. The van der Waals surface area contributed by atoms with Crippen LogP contribution < -0.4 is 5.32 Å². The summed E-state index contributed by atoms with van der Waals surface area (Å²) in [7, 11) is 0. The highest BCUT2D eigenvalue weighted by molar-refractivity contribution is 4.76. The highest BCUT2D eigenvalue weighted by Gasteiger charge is 2.20. The van der Waals surface area contributed by atoms with Crippen LogP contribution in [-0.2, 0) is 0 Å². The van der Waals surface area contributed by atoms with Crippen molar-refractivity contribution in [3.8, 4) is 0 Å². The number of hydrogen-bond donors (Lipinski definition) is 1. The van der Waals surface area contributed by atoms with Gasteiger partial charge in [-0.3, -0.25) is 4.90 Å². The van der Waals surface area contributed by atoms with E-state index in [1.807, 2.05) is 0 Å². The largest absolute Gasteiger partial charge is 0.315 e. The van der Waals surface area contributed by atoms with E-state index in [9.17, 15) is 0 Å². The van der Waals surface area contributed by atoms with Crippen LogP contribution >= 0.6 is 0 Å². The van der Waals surface area contributed by atoms with E-state index in [1.165, 1.54) is 25.9 Å². The minimum Gasteiger partial charge on any atom is -0.315 e. The summed E-state index contributed by atoms with van der Waals surface area (Å²) in [6.07, 6.45) is 2.76. The Morgan fingerprint density at radius 1 is 1.25 bits per heavy atom. The molecule has 1 aliphatic rings. The summed E-state index contributed by atoms with van der Waals surface area (Å²) in [5, 5.41) is 3.59. The molecule has 1 unspecified atom stereocenters. The molecule has 2 heteroatoms. The summed E-state index contributed by atoms with van der Waals surface area (Å²) in [4.78, 5) is 2.63. The lowest BCUT2D eigenvalue weighted by Gasteiger charge is -2.35. The number of rotatable bonds is 4. The van der Waals surface area contributed by atoms with Gasteiger partial charge >= 0.3 is 0 Å². The van der Waals surface area contributed by atoms with Crippen LogP contribution in [-0.4, -0.2) is 37.1 Å². The summed E-state index contributed by atoms with van der Waals surface area (Å²) >= 11 is 0. The zero-order valence-corrected chi connectivity index (χ0v) is 11.8. The molecule has 0 aromatic heterocycles. The Labute approximate surface area is 102 Å².